The van der Waals surface area contributed by atoms with Crippen LogP contribution in [0.25, 0.3) is 0 Å². The van der Waals surface area contributed by atoms with Gasteiger partial charge < -0.3 is 9.72 Å². The third kappa shape index (κ3) is 3.15. The van der Waals surface area contributed by atoms with Crippen molar-refractivity contribution in [1.82, 2.24) is 9.97 Å². The number of nitrogens with zero attached hydrogens (tertiary/aromatic N) is 1. The molecule has 100 valence electrons. The highest BCUT2D eigenvalue weighted by molar-refractivity contribution is 14.1. The predicted octanol–water partition coefficient (Wildman–Crippen LogP) is 3.46. The predicted molar refractivity (Wildman–Crippen MR) is 82.8 cm³/mol. The lowest BCUT2D eigenvalue weighted by Gasteiger charge is -2.22. The molecule has 0 aliphatic heterocycles. The fraction of sp³-hybridized carbons (Fsp3) is 0.286. The van der Waals surface area contributed by atoms with Crippen LogP contribution in [-0.4, -0.2) is 9.97 Å². The zero-order valence-corrected chi connectivity index (χ0v) is 13.2. The number of rotatable bonds is 2. The van der Waals surface area contributed by atoms with Gasteiger partial charge in [-0.3, -0.25) is 4.79 Å². The molecule has 0 atom stereocenters. The van der Waals surface area contributed by atoms with Crippen molar-refractivity contribution >= 4 is 22.6 Å². The molecule has 1 aromatic carbocycles. The van der Waals surface area contributed by atoms with Gasteiger partial charge in [-0.15, -0.1) is 0 Å². The number of aromatic nitrogens is 2. The van der Waals surface area contributed by atoms with E-state index in [-0.39, 0.29) is 11.0 Å². The highest BCUT2D eigenvalue weighted by atomic mass is 127. The summed E-state index contributed by atoms with van der Waals surface area (Å²) in [6, 6.07) is 7.79. The third-order valence-corrected chi connectivity index (χ3v) is 3.62. The van der Waals surface area contributed by atoms with Gasteiger partial charge >= 0.3 is 0 Å². The van der Waals surface area contributed by atoms with E-state index in [4.69, 9.17) is 4.74 Å². The molecule has 5 heteroatoms. The summed E-state index contributed by atoms with van der Waals surface area (Å²) >= 11 is 1.93. The van der Waals surface area contributed by atoms with Crippen LogP contribution in [0.3, 0.4) is 0 Å². The van der Waals surface area contributed by atoms with E-state index in [2.05, 4.69) is 30.7 Å². The molecule has 1 heterocycles. The van der Waals surface area contributed by atoms with E-state index >= 15 is 0 Å². The summed E-state index contributed by atoms with van der Waals surface area (Å²) in [5.74, 6) is 1.06. The second-order valence-electron chi connectivity index (χ2n) is 5.20. The van der Waals surface area contributed by atoms with Gasteiger partial charge in [0.05, 0.1) is 6.33 Å². The molecular weight excluding hydrogens is 355 g/mol. The summed E-state index contributed by atoms with van der Waals surface area (Å²) in [7, 11) is 0. The minimum Gasteiger partial charge on any atom is -0.437 e. The van der Waals surface area contributed by atoms with E-state index in [0.717, 1.165) is 11.3 Å². The van der Waals surface area contributed by atoms with Gasteiger partial charge in [0, 0.05) is 5.56 Å². The van der Waals surface area contributed by atoms with Crippen LogP contribution < -0.4 is 10.3 Å². The van der Waals surface area contributed by atoms with Crippen molar-refractivity contribution in [3.05, 3.63) is 50.1 Å². The van der Waals surface area contributed by atoms with Gasteiger partial charge in [-0.25, -0.2) is 4.98 Å². The van der Waals surface area contributed by atoms with Gasteiger partial charge in [-0.2, -0.15) is 0 Å². The van der Waals surface area contributed by atoms with E-state index in [0.29, 0.717) is 9.45 Å². The first-order valence-electron chi connectivity index (χ1n) is 5.90. The largest absolute Gasteiger partial charge is 0.437 e. The van der Waals surface area contributed by atoms with E-state index in [9.17, 15) is 4.79 Å². The second-order valence-corrected chi connectivity index (χ2v) is 6.28. The maximum absolute atomic E-state index is 11.5. The van der Waals surface area contributed by atoms with Crippen molar-refractivity contribution in [1.29, 1.82) is 0 Å². The minimum absolute atomic E-state index is 0.0385. The number of ether oxygens (including phenoxy) is 1. The first-order valence-corrected chi connectivity index (χ1v) is 6.98. The van der Waals surface area contributed by atoms with Crippen LogP contribution in [0.2, 0.25) is 0 Å². The molecule has 0 aliphatic carbocycles. The van der Waals surface area contributed by atoms with Crippen molar-refractivity contribution in [2.24, 2.45) is 0 Å². The van der Waals surface area contributed by atoms with Crippen LogP contribution in [0.5, 0.6) is 11.6 Å². The average Bonchev–Trinajstić information content (AvgIpc) is 2.34. The Morgan fingerprint density at radius 3 is 2.63 bits per heavy atom. The molecule has 1 N–H and O–H groups in total. The Morgan fingerprint density at radius 1 is 1.26 bits per heavy atom. The fourth-order valence-electron chi connectivity index (χ4n) is 1.72. The van der Waals surface area contributed by atoms with Crippen molar-refractivity contribution in [3.63, 3.8) is 0 Å². The van der Waals surface area contributed by atoms with Crippen LogP contribution in [0, 0.1) is 3.57 Å². The lowest BCUT2D eigenvalue weighted by Crippen LogP contribution is -2.14. The smallest absolute Gasteiger partial charge is 0.268 e. The number of para-hydroxylation sites is 1. The SMILES string of the molecule is CC(C)(C)c1ccccc1Oc1nc[nH]c(=O)c1I. The van der Waals surface area contributed by atoms with Gasteiger partial charge in [0.25, 0.3) is 5.56 Å². The lowest BCUT2D eigenvalue weighted by molar-refractivity contribution is 0.434. The van der Waals surface area contributed by atoms with Crippen LogP contribution >= 0.6 is 22.6 Å². The summed E-state index contributed by atoms with van der Waals surface area (Å²) in [6.07, 6.45) is 1.35. The first-order chi connectivity index (χ1) is 8.89. The molecule has 0 unspecified atom stereocenters. The number of nitrogens with one attached hydrogen (secondary N) is 1. The Balaban J connectivity index is 2.45. The Kier molecular flexibility index (Phi) is 3.93. The minimum atomic E-state index is -0.196. The van der Waals surface area contributed by atoms with Gasteiger partial charge in [-0.05, 0) is 34.1 Å². The molecule has 0 spiro atoms. The van der Waals surface area contributed by atoms with Gasteiger partial charge in [0.15, 0.2) is 0 Å². The molecule has 2 aromatic rings. The van der Waals surface area contributed by atoms with Crippen LogP contribution in [0.15, 0.2) is 35.4 Å². The number of hydrogen-bond donors (Lipinski definition) is 1. The molecule has 1 aromatic heterocycles. The van der Waals surface area contributed by atoms with Crippen LogP contribution in [0.1, 0.15) is 26.3 Å². The molecule has 2 rings (SSSR count). The maximum atomic E-state index is 11.5. The quantitative estimate of drug-likeness (QED) is 0.824. The monoisotopic (exact) mass is 370 g/mol. The van der Waals surface area contributed by atoms with Crippen LogP contribution in [-0.2, 0) is 5.41 Å². The Bertz CT molecular complexity index is 644. The lowest BCUT2D eigenvalue weighted by atomic mass is 9.86. The Hall–Kier alpha value is -1.37. The average molecular weight is 370 g/mol. The molecule has 0 bridgehead atoms. The molecule has 4 nitrogen and oxygen atoms in total. The zero-order chi connectivity index (χ0) is 14.0. The highest BCUT2D eigenvalue weighted by Gasteiger charge is 2.19. The number of benzene rings is 1. The van der Waals surface area contributed by atoms with E-state index in [1.165, 1.54) is 6.33 Å². The second kappa shape index (κ2) is 5.32. The van der Waals surface area contributed by atoms with Crippen molar-refractivity contribution in [2.45, 2.75) is 26.2 Å². The van der Waals surface area contributed by atoms with Crippen LogP contribution in [0.4, 0.5) is 0 Å². The zero-order valence-electron chi connectivity index (χ0n) is 11.0. The summed E-state index contributed by atoms with van der Waals surface area (Å²) in [4.78, 5) is 18.1. The molecule has 0 amide bonds. The normalized spacial score (nSPS) is 11.4. The molecule has 0 radical (unpaired) electrons. The maximum Gasteiger partial charge on any atom is 0.268 e. The number of H-pyrrole nitrogens is 1. The standard InChI is InChI=1S/C14H15IN2O2/c1-14(2,3)9-6-4-5-7-10(9)19-13-11(15)12(18)16-8-17-13/h4-8H,1-3H3,(H,16,17,18). The Morgan fingerprint density at radius 2 is 1.95 bits per heavy atom. The Labute approximate surface area is 125 Å². The summed E-state index contributed by atoms with van der Waals surface area (Å²) in [5, 5.41) is 0. The van der Waals surface area contributed by atoms with Gasteiger partial charge in [-0.1, -0.05) is 39.0 Å². The first kappa shape index (κ1) is 14.0. The third-order valence-electron chi connectivity index (χ3n) is 2.67. The van der Waals surface area contributed by atoms with Crippen molar-refractivity contribution < 1.29 is 4.74 Å². The molecule has 0 saturated heterocycles. The summed E-state index contributed by atoms with van der Waals surface area (Å²) in [5.41, 5.74) is 0.843. The van der Waals surface area contributed by atoms with Crippen molar-refractivity contribution in [2.75, 3.05) is 0 Å². The topological polar surface area (TPSA) is 55.0 Å². The van der Waals surface area contributed by atoms with Gasteiger partial charge in [0.1, 0.15) is 9.32 Å². The van der Waals surface area contributed by atoms with Crippen molar-refractivity contribution in [3.8, 4) is 11.6 Å². The number of hydrogen-bond acceptors (Lipinski definition) is 3. The molecule has 19 heavy (non-hydrogen) atoms. The summed E-state index contributed by atoms with van der Waals surface area (Å²) in [6.45, 7) is 6.35. The van der Waals surface area contributed by atoms with E-state index in [1.54, 1.807) is 0 Å². The van der Waals surface area contributed by atoms with Gasteiger partial charge in [0.2, 0.25) is 5.88 Å². The summed E-state index contributed by atoms with van der Waals surface area (Å²) < 4.78 is 6.26. The fourth-order valence-corrected chi connectivity index (χ4v) is 2.12. The van der Waals surface area contributed by atoms with E-state index in [1.807, 2.05) is 46.9 Å². The molecule has 0 saturated carbocycles. The number of aromatic amines is 1. The molecule has 0 fully saturated rings. The molecular formula is C14H15IN2O2. The molecule has 0 aliphatic rings. The highest BCUT2D eigenvalue weighted by Crippen LogP contribution is 2.33. The number of halogens is 1. The van der Waals surface area contributed by atoms with E-state index < -0.39 is 0 Å².